The van der Waals surface area contributed by atoms with Crippen LogP contribution in [0, 0.1) is 0 Å². The minimum atomic E-state index is -0.697. The zero-order valence-electron chi connectivity index (χ0n) is 33.9. The monoisotopic (exact) mass is 799 g/mol. The molecule has 0 saturated heterocycles. The van der Waals surface area contributed by atoms with Gasteiger partial charge in [-0.15, -0.1) is 0 Å². The molecule has 0 radical (unpaired) electrons. The number of anilines is 3. The number of rotatable bonds is 24. The minimum Gasteiger partial charge on any atom is -0.356 e. The number of amides is 6. The van der Waals surface area contributed by atoms with E-state index in [1.165, 1.54) is 20.8 Å². The average molecular weight is 800 g/mol. The van der Waals surface area contributed by atoms with E-state index in [4.69, 9.17) is 17.2 Å². The van der Waals surface area contributed by atoms with E-state index in [1.54, 1.807) is 0 Å². The van der Waals surface area contributed by atoms with Crippen LogP contribution in [0.2, 0.25) is 0 Å². The number of hydrogen-bond acceptors (Lipinski definition) is 9. The van der Waals surface area contributed by atoms with Crippen molar-refractivity contribution in [2.75, 3.05) is 35.6 Å². The van der Waals surface area contributed by atoms with Crippen LogP contribution in [0.3, 0.4) is 0 Å². The molecule has 6 amide bonds. The van der Waals surface area contributed by atoms with Crippen LogP contribution in [0.25, 0.3) is 0 Å². The van der Waals surface area contributed by atoms with Gasteiger partial charge >= 0.3 is 0 Å². The normalized spacial score (nSPS) is 12.5. The molecule has 3 aromatic carbocycles. The molecule has 58 heavy (non-hydrogen) atoms. The van der Waals surface area contributed by atoms with Gasteiger partial charge in [0.2, 0.25) is 35.4 Å². The first kappa shape index (κ1) is 46.7. The first-order chi connectivity index (χ1) is 27.7. The Morgan fingerprint density at radius 2 is 0.655 bits per heavy atom. The highest BCUT2D eigenvalue weighted by Gasteiger charge is 2.20. The van der Waals surface area contributed by atoms with E-state index >= 15 is 0 Å². The fourth-order valence-electron chi connectivity index (χ4n) is 6.21. The van der Waals surface area contributed by atoms with Crippen molar-refractivity contribution in [1.82, 2.24) is 16.0 Å². The predicted octanol–water partition coefficient (Wildman–Crippen LogP) is 3.58. The van der Waals surface area contributed by atoms with Gasteiger partial charge in [-0.3, -0.25) is 28.8 Å². The first-order valence-electron chi connectivity index (χ1n) is 20.0. The van der Waals surface area contributed by atoms with Crippen LogP contribution in [0.4, 0.5) is 17.1 Å². The van der Waals surface area contributed by atoms with Gasteiger partial charge in [0, 0.05) is 63.4 Å². The van der Waals surface area contributed by atoms with Crippen LogP contribution in [-0.4, -0.2) is 73.2 Å². The van der Waals surface area contributed by atoms with Gasteiger partial charge in [-0.05, 0) is 111 Å². The smallest absolute Gasteiger partial charge is 0.241 e. The summed E-state index contributed by atoms with van der Waals surface area (Å²) in [4.78, 5) is 71.7. The molecule has 0 spiro atoms. The number of hydrogen-bond donors (Lipinski definition) is 9. The molecule has 0 fully saturated rings. The number of nitrogens with one attached hydrogen (secondary N) is 6. The molecular formula is C43H61N9O6. The molecule has 3 rings (SSSR count). The van der Waals surface area contributed by atoms with Gasteiger partial charge in [-0.25, -0.2) is 0 Å². The molecule has 0 bridgehead atoms. The SMILES string of the molecule is CC(=O)NCCCC[C@H](N)C(=O)Nc1ccc(C(c2ccc(NC(=O)[C@@H](N)CCCCNC(C)=O)cc2)c2ccc(NC(=O)[C@@H](N)CCCCNC(C)=O)cc2)cc1. The summed E-state index contributed by atoms with van der Waals surface area (Å²) in [5.41, 5.74) is 23.0. The van der Waals surface area contributed by atoms with Crippen molar-refractivity contribution in [1.29, 1.82) is 0 Å². The van der Waals surface area contributed by atoms with Gasteiger partial charge in [0.05, 0.1) is 18.1 Å². The Labute approximate surface area is 341 Å². The quantitative estimate of drug-likeness (QED) is 0.0474. The molecule has 314 valence electrons. The Morgan fingerprint density at radius 3 is 0.879 bits per heavy atom. The molecule has 0 unspecified atom stereocenters. The molecule has 0 aromatic heterocycles. The molecule has 3 atom stereocenters. The Bertz CT molecular complexity index is 1580. The van der Waals surface area contributed by atoms with Gasteiger partial charge in [-0.1, -0.05) is 36.4 Å². The average Bonchev–Trinajstić information content (AvgIpc) is 3.18. The molecule has 0 aliphatic rings. The summed E-state index contributed by atoms with van der Waals surface area (Å²) < 4.78 is 0. The lowest BCUT2D eigenvalue weighted by atomic mass is 9.85. The van der Waals surface area contributed by atoms with Crippen LogP contribution in [-0.2, 0) is 28.8 Å². The highest BCUT2D eigenvalue weighted by Crippen LogP contribution is 2.34. The van der Waals surface area contributed by atoms with Crippen molar-refractivity contribution >= 4 is 52.5 Å². The summed E-state index contributed by atoms with van der Waals surface area (Å²) in [5.74, 6) is -1.44. The van der Waals surface area contributed by atoms with Crippen LogP contribution >= 0.6 is 0 Å². The van der Waals surface area contributed by atoms with E-state index in [9.17, 15) is 28.8 Å². The van der Waals surface area contributed by atoms with E-state index in [2.05, 4.69) is 31.9 Å². The van der Waals surface area contributed by atoms with Crippen LogP contribution in [0.5, 0.6) is 0 Å². The third-order valence-electron chi connectivity index (χ3n) is 9.49. The first-order valence-corrected chi connectivity index (χ1v) is 20.0. The highest BCUT2D eigenvalue weighted by atomic mass is 16.2. The largest absolute Gasteiger partial charge is 0.356 e. The zero-order chi connectivity index (χ0) is 42.5. The number of benzene rings is 3. The van der Waals surface area contributed by atoms with Crippen molar-refractivity contribution in [2.45, 2.75) is 103 Å². The number of carbonyl (C=O) groups is 6. The third kappa shape index (κ3) is 17.2. The topological polar surface area (TPSA) is 253 Å². The van der Waals surface area contributed by atoms with Gasteiger partial charge in [0.25, 0.3) is 0 Å². The van der Waals surface area contributed by atoms with E-state index in [0.29, 0.717) is 75.2 Å². The number of carbonyl (C=O) groups excluding carboxylic acids is 6. The summed E-state index contributed by atoms with van der Waals surface area (Å²) >= 11 is 0. The van der Waals surface area contributed by atoms with Crippen LogP contribution < -0.4 is 49.1 Å². The minimum absolute atomic E-state index is 0.0936. The molecular weight excluding hydrogens is 739 g/mol. The molecule has 12 N–H and O–H groups in total. The Balaban J connectivity index is 1.73. The van der Waals surface area contributed by atoms with Gasteiger partial charge in [0.15, 0.2) is 0 Å². The van der Waals surface area contributed by atoms with E-state index in [-0.39, 0.29) is 41.4 Å². The second-order valence-electron chi connectivity index (χ2n) is 14.5. The second kappa shape index (κ2) is 24.9. The van der Waals surface area contributed by atoms with E-state index < -0.39 is 18.1 Å². The van der Waals surface area contributed by atoms with Gasteiger partial charge in [-0.2, -0.15) is 0 Å². The lowest BCUT2D eigenvalue weighted by molar-refractivity contribution is -0.119. The molecule has 0 heterocycles. The molecule has 3 aromatic rings. The standard InChI is InChI=1S/C43H61N9O6/c1-28(53)47-25-7-4-10-37(44)41(56)50-34-19-13-31(14-20-34)40(32-15-21-35(22-16-32)51-42(57)38(45)11-5-8-26-48-29(2)54)33-17-23-36(24-18-33)52-43(58)39(46)12-6-9-27-49-30(3)55/h13-24,37-40H,4-12,25-27,44-46H2,1-3H3,(H,47,53)(H,48,54)(H,49,55)(H,50,56)(H,51,57)(H,52,58)/t37-,38-,39-/m0/s1. The Morgan fingerprint density at radius 1 is 0.414 bits per heavy atom. The van der Waals surface area contributed by atoms with Gasteiger partial charge in [0.1, 0.15) is 0 Å². The fraction of sp³-hybridized carbons (Fsp3) is 0.442. The molecule has 0 aliphatic heterocycles. The van der Waals surface area contributed by atoms with Crippen LogP contribution in [0.1, 0.15) is 101 Å². The van der Waals surface area contributed by atoms with Crippen molar-refractivity contribution in [3.05, 3.63) is 89.5 Å². The maximum atomic E-state index is 12.8. The van der Waals surface area contributed by atoms with Crippen molar-refractivity contribution in [3.63, 3.8) is 0 Å². The second-order valence-corrected chi connectivity index (χ2v) is 14.5. The predicted molar refractivity (Wildman–Crippen MR) is 228 cm³/mol. The lowest BCUT2D eigenvalue weighted by Crippen LogP contribution is -2.35. The molecule has 15 nitrogen and oxygen atoms in total. The van der Waals surface area contributed by atoms with Crippen molar-refractivity contribution in [3.8, 4) is 0 Å². The molecule has 0 aliphatic carbocycles. The Hall–Kier alpha value is -5.64. The number of unbranched alkanes of at least 4 members (excludes halogenated alkanes) is 3. The molecule has 15 heteroatoms. The summed E-state index contributed by atoms with van der Waals surface area (Å²) in [7, 11) is 0. The zero-order valence-corrected chi connectivity index (χ0v) is 33.9. The lowest BCUT2D eigenvalue weighted by Gasteiger charge is -2.21. The third-order valence-corrected chi connectivity index (χ3v) is 9.49. The fourth-order valence-corrected chi connectivity index (χ4v) is 6.21. The maximum absolute atomic E-state index is 12.8. The number of nitrogens with two attached hydrogens (primary N) is 3. The summed E-state index contributed by atoms with van der Waals surface area (Å²) in [6.07, 6.45) is 5.71. The van der Waals surface area contributed by atoms with Crippen LogP contribution in [0.15, 0.2) is 72.8 Å². The summed E-state index contributed by atoms with van der Waals surface area (Å²) in [5, 5.41) is 16.9. The summed E-state index contributed by atoms with van der Waals surface area (Å²) in [6, 6.07) is 20.4. The Kier molecular flexibility index (Phi) is 20.0. The maximum Gasteiger partial charge on any atom is 0.241 e. The van der Waals surface area contributed by atoms with E-state index in [0.717, 1.165) is 36.0 Å². The molecule has 0 saturated carbocycles. The van der Waals surface area contributed by atoms with E-state index in [1.807, 2.05) is 72.8 Å². The van der Waals surface area contributed by atoms with Crippen molar-refractivity contribution < 1.29 is 28.8 Å². The summed E-state index contributed by atoms with van der Waals surface area (Å²) in [6.45, 7) is 6.00. The highest BCUT2D eigenvalue weighted by molar-refractivity contribution is 5.96. The van der Waals surface area contributed by atoms with Crippen molar-refractivity contribution in [2.24, 2.45) is 17.2 Å². The van der Waals surface area contributed by atoms with Gasteiger partial charge < -0.3 is 49.1 Å².